The van der Waals surface area contributed by atoms with Crippen LogP contribution >= 0.6 is 0 Å². The number of nitrogens with one attached hydrogen (secondary N) is 1. The first-order valence-corrected chi connectivity index (χ1v) is 8.06. The molecular formula is C17H29N3O. The van der Waals surface area contributed by atoms with Crippen LogP contribution < -0.4 is 10.2 Å². The second-order valence-corrected chi connectivity index (χ2v) is 6.74. The largest absolute Gasteiger partial charge is 0.393 e. The Hall–Kier alpha value is -1.13. The Balaban J connectivity index is 1.96. The lowest BCUT2D eigenvalue weighted by Crippen LogP contribution is -2.25. The third kappa shape index (κ3) is 4.42. The van der Waals surface area contributed by atoms with Gasteiger partial charge >= 0.3 is 0 Å². The third-order valence-corrected chi connectivity index (χ3v) is 4.20. The Morgan fingerprint density at radius 1 is 1.43 bits per heavy atom. The SMILES string of the molecule is Cc1cc(CNCC(C)C)cnc1N1CCC(C(C)O)C1. The minimum Gasteiger partial charge on any atom is -0.393 e. The molecule has 0 spiro atoms. The molecule has 2 atom stereocenters. The molecule has 1 aliphatic heterocycles. The van der Waals surface area contributed by atoms with E-state index in [2.05, 4.69) is 42.0 Å². The van der Waals surface area contributed by atoms with Crippen molar-refractivity contribution >= 4 is 5.82 Å². The summed E-state index contributed by atoms with van der Waals surface area (Å²) >= 11 is 0. The van der Waals surface area contributed by atoms with Gasteiger partial charge in [-0.25, -0.2) is 4.98 Å². The normalized spacial score (nSPS) is 20.3. The number of aryl methyl sites for hydroxylation is 1. The zero-order chi connectivity index (χ0) is 15.4. The van der Waals surface area contributed by atoms with Crippen LogP contribution in [0.1, 0.15) is 38.3 Å². The molecule has 1 aromatic rings. The minimum absolute atomic E-state index is 0.227. The molecule has 0 radical (unpaired) electrons. The van der Waals surface area contributed by atoms with Gasteiger partial charge in [0.05, 0.1) is 6.10 Å². The van der Waals surface area contributed by atoms with E-state index >= 15 is 0 Å². The Bertz CT molecular complexity index is 459. The van der Waals surface area contributed by atoms with E-state index in [4.69, 9.17) is 0 Å². The molecule has 0 aromatic carbocycles. The van der Waals surface area contributed by atoms with Gasteiger partial charge in [0.2, 0.25) is 0 Å². The molecular weight excluding hydrogens is 262 g/mol. The Morgan fingerprint density at radius 3 is 2.76 bits per heavy atom. The van der Waals surface area contributed by atoms with Gasteiger partial charge in [0.15, 0.2) is 0 Å². The predicted molar refractivity (Wildman–Crippen MR) is 87.5 cm³/mol. The van der Waals surface area contributed by atoms with E-state index in [1.165, 1.54) is 11.1 Å². The highest BCUT2D eigenvalue weighted by atomic mass is 16.3. The lowest BCUT2D eigenvalue weighted by atomic mass is 10.0. The number of aliphatic hydroxyl groups excluding tert-OH is 1. The molecule has 0 amide bonds. The van der Waals surface area contributed by atoms with Crippen LogP contribution in [0.2, 0.25) is 0 Å². The van der Waals surface area contributed by atoms with Crippen LogP contribution in [0.15, 0.2) is 12.3 Å². The number of hydrogen-bond donors (Lipinski definition) is 2. The van der Waals surface area contributed by atoms with E-state index in [1.807, 2.05) is 13.1 Å². The summed E-state index contributed by atoms with van der Waals surface area (Å²) in [6.07, 6.45) is 2.80. The highest BCUT2D eigenvalue weighted by Crippen LogP contribution is 2.26. The zero-order valence-electron chi connectivity index (χ0n) is 13.8. The number of rotatable bonds is 6. The minimum atomic E-state index is -0.227. The number of pyridine rings is 1. The van der Waals surface area contributed by atoms with Crippen LogP contribution in [-0.2, 0) is 6.54 Å². The van der Waals surface area contributed by atoms with Gasteiger partial charge in [-0.2, -0.15) is 0 Å². The van der Waals surface area contributed by atoms with E-state index in [9.17, 15) is 5.11 Å². The van der Waals surface area contributed by atoms with Crippen molar-refractivity contribution in [2.75, 3.05) is 24.5 Å². The van der Waals surface area contributed by atoms with E-state index in [-0.39, 0.29) is 6.10 Å². The number of anilines is 1. The van der Waals surface area contributed by atoms with Crippen molar-refractivity contribution in [3.8, 4) is 0 Å². The monoisotopic (exact) mass is 291 g/mol. The maximum absolute atomic E-state index is 9.72. The van der Waals surface area contributed by atoms with Crippen LogP contribution in [0.4, 0.5) is 5.82 Å². The van der Waals surface area contributed by atoms with Crippen molar-refractivity contribution in [3.63, 3.8) is 0 Å². The Kier molecular flexibility index (Phi) is 5.59. The zero-order valence-corrected chi connectivity index (χ0v) is 13.8. The van der Waals surface area contributed by atoms with Crippen LogP contribution in [-0.4, -0.2) is 35.8 Å². The van der Waals surface area contributed by atoms with Crippen LogP contribution in [0.25, 0.3) is 0 Å². The molecule has 118 valence electrons. The molecule has 1 aromatic heterocycles. The summed E-state index contributed by atoms with van der Waals surface area (Å²) in [4.78, 5) is 6.96. The maximum Gasteiger partial charge on any atom is 0.131 e. The summed E-state index contributed by atoms with van der Waals surface area (Å²) < 4.78 is 0. The Labute approximate surface area is 128 Å². The van der Waals surface area contributed by atoms with Gasteiger partial charge in [-0.15, -0.1) is 0 Å². The highest BCUT2D eigenvalue weighted by Gasteiger charge is 2.27. The molecule has 1 fully saturated rings. The van der Waals surface area contributed by atoms with Crippen LogP contribution in [0.3, 0.4) is 0 Å². The molecule has 2 rings (SSSR count). The molecule has 2 unspecified atom stereocenters. The molecule has 0 saturated carbocycles. The second-order valence-electron chi connectivity index (χ2n) is 6.74. The molecule has 4 nitrogen and oxygen atoms in total. The summed E-state index contributed by atoms with van der Waals surface area (Å²) in [6.45, 7) is 12.3. The van der Waals surface area contributed by atoms with Gasteiger partial charge in [-0.3, -0.25) is 0 Å². The average Bonchev–Trinajstić information content (AvgIpc) is 2.88. The van der Waals surface area contributed by atoms with E-state index in [0.29, 0.717) is 11.8 Å². The fourth-order valence-electron chi connectivity index (χ4n) is 2.93. The third-order valence-electron chi connectivity index (χ3n) is 4.20. The molecule has 0 aliphatic carbocycles. The van der Waals surface area contributed by atoms with Crippen molar-refractivity contribution in [1.29, 1.82) is 0 Å². The van der Waals surface area contributed by atoms with Gasteiger partial charge in [0.1, 0.15) is 5.82 Å². The average molecular weight is 291 g/mol. The van der Waals surface area contributed by atoms with Crippen LogP contribution in [0, 0.1) is 18.8 Å². The first-order valence-electron chi connectivity index (χ1n) is 8.06. The predicted octanol–water partition coefficient (Wildman–Crippen LogP) is 2.34. The summed E-state index contributed by atoms with van der Waals surface area (Å²) in [7, 11) is 0. The lowest BCUT2D eigenvalue weighted by molar-refractivity contribution is 0.136. The quantitative estimate of drug-likeness (QED) is 0.844. The standard InChI is InChI=1S/C17H29N3O/c1-12(2)8-18-9-15-7-13(3)17(19-10-15)20-6-5-16(11-20)14(4)21/h7,10,12,14,16,18,21H,5-6,8-9,11H2,1-4H3. The van der Waals surface area contributed by atoms with Gasteiger partial charge < -0.3 is 15.3 Å². The first-order chi connectivity index (χ1) is 9.97. The molecule has 0 bridgehead atoms. The lowest BCUT2D eigenvalue weighted by Gasteiger charge is -2.21. The van der Waals surface area contributed by atoms with Gasteiger partial charge in [0, 0.05) is 31.7 Å². The van der Waals surface area contributed by atoms with Crippen molar-refractivity contribution in [1.82, 2.24) is 10.3 Å². The van der Waals surface area contributed by atoms with E-state index in [1.54, 1.807) is 0 Å². The number of nitrogens with zero attached hydrogens (tertiary/aromatic N) is 2. The Morgan fingerprint density at radius 2 is 2.19 bits per heavy atom. The van der Waals surface area contributed by atoms with E-state index < -0.39 is 0 Å². The van der Waals surface area contributed by atoms with Crippen molar-refractivity contribution in [2.24, 2.45) is 11.8 Å². The van der Waals surface area contributed by atoms with Crippen molar-refractivity contribution < 1.29 is 5.11 Å². The van der Waals surface area contributed by atoms with Crippen LogP contribution in [0.5, 0.6) is 0 Å². The smallest absolute Gasteiger partial charge is 0.131 e. The van der Waals surface area contributed by atoms with Gasteiger partial charge in [-0.1, -0.05) is 13.8 Å². The summed E-state index contributed by atoms with van der Waals surface area (Å²) in [6, 6.07) is 2.23. The molecule has 2 N–H and O–H groups in total. The molecule has 4 heteroatoms. The number of aromatic nitrogens is 1. The van der Waals surface area contributed by atoms with Gasteiger partial charge in [0.25, 0.3) is 0 Å². The van der Waals surface area contributed by atoms with Crippen molar-refractivity contribution in [2.45, 2.75) is 46.8 Å². The first kappa shape index (κ1) is 16.2. The highest BCUT2D eigenvalue weighted by molar-refractivity contribution is 5.48. The molecule has 21 heavy (non-hydrogen) atoms. The molecule has 1 aliphatic rings. The molecule has 2 heterocycles. The summed E-state index contributed by atoms with van der Waals surface area (Å²) in [5, 5.41) is 13.2. The fourth-order valence-corrected chi connectivity index (χ4v) is 2.93. The summed E-state index contributed by atoms with van der Waals surface area (Å²) in [5.74, 6) is 2.12. The number of hydrogen-bond acceptors (Lipinski definition) is 4. The fraction of sp³-hybridized carbons (Fsp3) is 0.706. The maximum atomic E-state index is 9.72. The van der Waals surface area contributed by atoms with Crippen molar-refractivity contribution in [3.05, 3.63) is 23.4 Å². The van der Waals surface area contributed by atoms with E-state index in [0.717, 1.165) is 38.4 Å². The van der Waals surface area contributed by atoms with Gasteiger partial charge in [-0.05, 0) is 49.9 Å². The topological polar surface area (TPSA) is 48.4 Å². The summed E-state index contributed by atoms with van der Waals surface area (Å²) in [5.41, 5.74) is 2.47. The number of aliphatic hydroxyl groups is 1. The second kappa shape index (κ2) is 7.23. The molecule has 1 saturated heterocycles.